The molecule has 0 unspecified atom stereocenters. The van der Waals surface area contributed by atoms with E-state index in [1.807, 2.05) is 0 Å². The average Bonchev–Trinajstić information content (AvgIpc) is 3.44. The van der Waals surface area contributed by atoms with Gasteiger partial charge in [0.2, 0.25) is 17.7 Å². The van der Waals surface area contributed by atoms with E-state index in [0.29, 0.717) is 30.6 Å². The molecule has 3 atom stereocenters. The summed E-state index contributed by atoms with van der Waals surface area (Å²) in [6.45, 7) is 4.69. The summed E-state index contributed by atoms with van der Waals surface area (Å²) in [7, 11) is -1.92. The number of carbonyl (C=O) groups is 4. The second kappa shape index (κ2) is 8.62. The van der Waals surface area contributed by atoms with Gasteiger partial charge < -0.3 is 26.3 Å². The number of hydrogen-bond donors (Lipinski definition) is 4. The van der Waals surface area contributed by atoms with E-state index in [0.717, 1.165) is 0 Å². The number of halogens is 1. The van der Waals surface area contributed by atoms with Gasteiger partial charge in [0.05, 0.1) is 13.6 Å². The van der Waals surface area contributed by atoms with Gasteiger partial charge in [0.25, 0.3) is 5.91 Å². The van der Waals surface area contributed by atoms with Gasteiger partial charge in [0.15, 0.2) is 0 Å². The van der Waals surface area contributed by atoms with Crippen LogP contribution in [-0.4, -0.2) is 66.4 Å². The molecule has 2 aliphatic rings. The third kappa shape index (κ3) is 4.63. The van der Waals surface area contributed by atoms with E-state index >= 15 is 0 Å². The van der Waals surface area contributed by atoms with Gasteiger partial charge in [-0.1, -0.05) is 25.2 Å². The Morgan fingerprint density at radius 3 is 2.73 bits per heavy atom. The van der Waals surface area contributed by atoms with Crippen molar-refractivity contribution in [3.8, 4) is 0 Å². The Morgan fingerprint density at radius 1 is 1.33 bits per heavy atom. The molecular formula is C22H28FN5O4Si. The van der Waals surface area contributed by atoms with Crippen LogP contribution in [0.1, 0.15) is 23.3 Å². The fourth-order valence-electron chi connectivity index (χ4n) is 4.77. The second-order valence-electron chi connectivity index (χ2n) is 9.68. The number of benzene rings is 1. The maximum atomic E-state index is 14.1. The number of amides is 4. The number of fused-ring (bicyclic) bond motifs is 1. The lowest BCUT2D eigenvalue weighted by molar-refractivity contribution is -0.130. The lowest BCUT2D eigenvalue weighted by atomic mass is 9.97. The number of rotatable bonds is 6. The van der Waals surface area contributed by atoms with Crippen molar-refractivity contribution in [1.29, 1.82) is 0 Å². The lowest BCUT2D eigenvalue weighted by Crippen LogP contribution is -2.52. The van der Waals surface area contributed by atoms with Gasteiger partial charge in [0.1, 0.15) is 23.6 Å². The van der Waals surface area contributed by atoms with Crippen LogP contribution in [0.2, 0.25) is 19.1 Å². The SMILES string of the molecule is C[Si]1(C)C[C@H](C(=O)N[C@@H](C[C@@H]2CCNC2=O)C(N)=O)N(C(=O)c2cc3cccc(F)c3[nH]2)C1. The molecule has 2 saturated heterocycles. The third-order valence-corrected chi connectivity index (χ3v) is 9.15. The van der Waals surface area contributed by atoms with E-state index in [1.165, 1.54) is 11.0 Å². The van der Waals surface area contributed by atoms with Crippen molar-refractivity contribution >= 4 is 42.6 Å². The van der Waals surface area contributed by atoms with Crippen molar-refractivity contribution in [3.63, 3.8) is 0 Å². The van der Waals surface area contributed by atoms with Crippen molar-refractivity contribution in [2.45, 2.75) is 44.1 Å². The highest BCUT2D eigenvalue weighted by Gasteiger charge is 2.46. The van der Waals surface area contributed by atoms with E-state index in [-0.39, 0.29) is 23.5 Å². The Balaban J connectivity index is 1.54. The molecule has 2 aromatic rings. The molecule has 2 aliphatic heterocycles. The average molecular weight is 474 g/mol. The molecule has 0 radical (unpaired) electrons. The van der Waals surface area contributed by atoms with Crippen LogP contribution in [0, 0.1) is 11.7 Å². The predicted octanol–water partition coefficient (Wildman–Crippen LogP) is 0.875. The molecule has 0 bridgehead atoms. The number of nitrogens with two attached hydrogens (primary N) is 1. The number of nitrogens with one attached hydrogen (secondary N) is 3. The molecule has 176 valence electrons. The van der Waals surface area contributed by atoms with E-state index in [1.54, 1.807) is 18.2 Å². The number of nitrogens with zero attached hydrogens (tertiary/aromatic N) is 1. The van der Waals surface area contributed by atoms with Crippen molar-refractivity contribution in [2.24, 2.45) is 11.7 Å². The van der Waals surface area contributed by atoms with E-state index in [4.69, 9.17) is 5.73 Å². The molecule has 0 saturated carbocycles. The first-order valence-electron chi connectivity index (χ1n) is 11.0. The summed E-state index contributed by atoms with van der Waals surface area (Å²) in [5, 5.41) is 5.96. The molecule has 1 aromatic carbocycles. The molecule has 3 heterocycles. The molecule has 1 aromatic heterocycles. The minimum atomic E-state index is -1.92. The summed E-state index contributed by atoms with van der Waals surface area (Å²) in [5.74, 6) is -2.59. The quantitative estimate of drug-likeness (QED) is 0.463. The Kier molecular flexibility index (Phi) is 6.00. The van der Waals surface area contributed by atoms with Crippen molar-refractivity contribution in [1.82, 2.24) is 20.5 Å². The number of para-hydroxylation sites is 1. The first kappa shape index (κ1) is 23.0. The number of aromatic nitrogens is 1. The van der Waals surface area contributed by atoms with Gasteiger partial charge in [-0.05, 0) is 31.0 Å². The monoisotopic (exact) mass is 473 g/mol. The molecule has 0 spiro atoms. The molecule has 2 fully saturated rings. The summed E-state index contributed by atoms with van der Waals surface area (Å²) in [6.07, 6.45) is 1.15. The smallest absolute Gasteiger partial charge is 0.270 e. The van der Waals surface area contributed by atoms with Crippen LogP contribution in [0.4, 0.5) is 4.39 Å². The van der Waals surface area contributed by atoms with E-state index < -0.39 is 49.6 Å². The first-order valence-corrected chi connectivity index (χ1v) is 14.4. The predicted molar refractivity (Wildman–Crippen MR) is 122 cm³/mol. The minimum absolute atomic E-state index is 0.121. The van der Waals surface area contributed by atoms with E-state index in [9.17, 15) is 23.6 Å². The van der Waals surface area contributed by atoms with Crippen molar-refractivity contribution in [3.05, 3.63) is 35.8 Å². The maximum absolute atomic E-state index is 14.1. The number of hydrogen-bond acceptors (Lipinski definition) is 4. The van der Waals surface area contributed by atoms with Crippen LogP contribution in [-0.2, 0) is 14.4 Å². The summed E-state index contributed by atoms with van der Waals surface area (Å²) in [4.78, 5) is 54.8. The molecule has 4 amide bonds. The Hall–Kier alpha value is -3.21. The minimum Gasteiger partial charge on any atom is -0.368 e. The molecule has 0 aliphatic carbocycles. The van der Waals surface area contributed by atoms with Gasteiger partial charge in [-0.3, -0.25) is 19.2 Å². The van der Waals surface area contributed by atoms with Crippen molar-refractivity contribution in [2.75, 3.05) is 12.7 Å². The fraction of sp³-hybridized carbons (Fsp3) is 0.455. The normalized spacial score (nSPS) is 22.9. The Labute approximate surface area is 191 Å². The summed E-state index contributed by atoms with van der Waals surface area (Å²) in [5.41, 5.74) is 5.95. The summed E-state index contributed by atoms with van der Waals surface area (Å²) in [6, 6.07) is 4.91. The van der Waals surface area contributed by atoms with Gasteiger partial charge in [-0.25, -0.2) is 4.39 Å². The van der Waals surface area contributed by atoms with Crippen LogP contribution < -0.4 is 16.4 Å². The number of aromatic amines is 1. The zero-order valence-electron chi connectivity index (χ0n) is 18.6. The molecule has 9 nitrogen and oxygen atoms in total. The molecule has 5 N–H and O–H groups in total. The largest absolute Gasteiger partial charge is 0.368 e. The van der Waals surface area contributed by atoms with Gasteiger partial charge in [-0.2, -0.15) is 0 Å². The maximum Gasteiger partial charge on any atom is 0.270 e. The lowest BCUT2D eigenvalue weighted by Gasteiger charge is -2.26. The highest BCUT2D eigenvalue weighted by molar-refractivity contribution is 6.79. The van der Waals surface area contributed by atoms with Crippen LogP contribution >= 0.6 is 0 Å². The van der Waals surface area contributed by atoms with Crippen LogP contribution in [0.15, 0.2) is 24.3 Å². The molecule has 4 rings (SSSR count). The highest BCUT2D eigenvalue weighted by atomic mass is 28.3. The summed E-state index contributed by atoms with van der Waals surface area (Å²) < 4.78 is 14.1. The Bertz CT molecular complexity index is 1130. The Morgan fingerprint density at radius 2 is 2.09 bits per heavy atom. The van der Waals surface area contributed by atoms with E-state index in [2.05, 4.69) is 28.7 Å². The van der Waals surface area contributed by atoms with Crippen molar-refractivity contribution < 1.29 is 23.6 Å². The highest BCUT2D eigenvalue weighted by Crippen LogP contribution is 2.30. The third-order valence-electron chi connectivity index (χ3n) is 6.46. The van der Waals surface area contributed by atoms with Crippen LogP contribution in [0.5, 0.6) is 0 Å². The topological polar surface area (TPSA) is 137 Å². The first-order chi connectivity index (χ1) is 15.6. The summed E-state index contributed by atoms with van der Waals surface area (Å²) >= 11 is 0. The number of primary amides is 1. The number of carbonyl (C=O) groups excluding carboxylic acids is 4. The molecule has 33 heavy (non-hydrogen) atoms. The van der Waals surface area contributed by atoms with Gasteiger partial charge in [-0.15, -0.1) is 0 Å². The van der Waals surface area contributed by atoms with Gasteiger partial charge in [0, 0.05) is 24.0 Å². The molecule has 11 heteroatoms. The van der Waals surface area contributed by atoms with Gasteiger partial charge >= 0.3 is 0 Å². The standard InChI is InChI=1S/C22H28FN5O4Si/c1-33(2)10-17(21(31)27-15(19(24)29)9-13-6-7-25-20(13)30)28(11-33)22(32)16-8-12-4-3-5-14(23)18(12)26-16/h3-5,8,13,15,17,26H,6-7,9-11H2,1-2H3,(H2,24,29)(H,25,30)(H,27,31)/t13-,15-,17+/m0/s1. The molecular weight excluding hydrogens is 445 g/mol. The fourth-order valence-corrected chi connectivity index (χ4v) is 7.64. The van der Waals surface area contributed by atoms with Crippen LogP contribution in [0.25, 0.3) is 10.9 Å². The zero-order valence-corrected chi connectivity index (χ0v) is 19.6. The van der Waals surface area contributed by atoms with Crippen LogP contribution in [0.3, 0.4) is 0 Å². The zero-order chi connectivity index (χ0) is 23.9. The number of H-pyrrole nitrogens is 1. The second-order valence-corrected chi connectivity index (χ2v) is 14.7.